The van der Waals surface area contributed by atoms with Crippen LogP contribution in [-0.2, 0) is 6.54 Å². The summed E-state index contributed by atoms with van der Waals surface area (Å²) in [5, 5.41) is 3.51. The zero-order chi connectivity index (χ0) is 14.4. The molecule has 2 rings (SSSR count). The summed E-state index contributed by atoms with van der Waals surface area (Å²) in [6.45, 7) is 8.51. The topological polar surface area (TPSA) is 21.3 Å². The quantitative estimate of drug-likeness (QED) is 0.783. The molecule has 1 aliphatic carbocycles. The van der Waals surface area contributed by atoms with E-state index >= 15 is 0 Å². The fourth-order valence-electron chi connectivity index (χ4n) is 2.50. The summed E-state index contributed by atoms with van der Waals surface area (Å²) >= 11 is 0. The fourth-order valence-corrected chi connectivity index (χ4v) is 2.50. The van der Waals surface area contributed by atoms with Gasteiger partial charge in [-0.15, -0.1) is 0 Å². The van der Waals surface area contributed by atoms with Gasteiger partial charge in [-0.25, -0.2) is 0 Å². The zero-order valence-corrected chi connectivity index (χ0v) is 13.0. The summed E-state index contributed by atoms with van der Waals surface area (Å²) in [5.41, 5.74) is 2.56. The van der Waals surface area contributed by atoms with Crippen LogP contribution in [0.25, 0.3) is 0 Å². The molecule has 0 heterocycles. The number of aryl methyl sites for hydroxylation is 1. The van der Waals surface area contributed by atoms with Crippen LogP contribution in [0.4, 0.5) is 0 Å². The second-order valence-electron chi connectivity index (χ2n) is 6.15. The second kappa shape index (κ2) is 7.49. The van der Waals surface area contributed by atoms with Crippen LogP contribution in [0.3, 0.4) is 0 Å². The molecule has 0 bridgehead atoms. The van der Waals surface area contributed by atoms with Crippen molar-refractivity contribution in [3.63, 3.8) is 0 Å². The highest BCUT2D eigenvalue weighted by Crippen LogP contribution is 2.24. The predicted octanol–water partition coefficient (Wildman–Crippen LogP) is 4.23. The Balaban J connectivity index is 2.02. The van der Waals surface area contributed by atoms with Gasteiger partial charge in [-0.05, 0) is 50.8 Å². The minimum atomic E-state index is 0.246. The minimum Gasteiger partial charge on any atom is -0.486 e. The molecule has 20 heavy (non-hydrogen) atoms. The van der Waals surface area contributed by atoms with Gasteiger partial charge in [0, 0.05) is 12.1 Å². The summed E-state index contributed by atoms with van der Waals surface area (Å²) < 4.78 is 6.17. The summed E-state index contributed by atoms with van der Waals surface area (Å²) in [6, 6.07) is 6.48. The van der Waals surface area contributed by atoms with E-state index in [0.29, 0.717) is 5.92 Å². The number of hydrogen-bond donors (Lipinski definition) is 1. The molecule has 2 nitrogen and oxygen atoms in total. The SMILES string of the molecule is Cc1ccc(OC2C=CCCC2)c(CNCC(C)C)c1. The van der Waals surface area contributed by atoms with Crippen molar-refractivity contribution < 1.29 is 4.74 Å². The predicted molar refractivity (Wildman–Crippen MR) is 85.1 cm³/mol. The Morgan fingerprint density at radius 3 is 2.90 bits per heavy atom. The van der Waals surface area contributed by atoms with Gasteiger partial charge in [0.25, 0.3) is 0 Å². The molecule has 1 aromatic carbocycles. The van der Waals surface area contributed by atoms with Crippen molar-refractivity contribution in [1.29, 1.82) is 0 Å². The van der Waals surface area contributed by atoms with Crippen molar-refractivity contribution in [1.82, 2.24) is 5.32 Å². The van der Waals surface area contributed by atoms with Crippen LogP contribution in [0.15, 0.2) is 30.4 Å². The van der Waals surface area contributed by atoms with Crippen molar-refractivity contribution in [3.8, 4) is 5.75 Å². The number of allylic oxidation sites excluding steroid dienone is 1. The van der Waals surface area contributed by atoms with E-state index in [1.165, 1.54) is 24.0 Å². The third-order valence-electron chi connectivity index (χ3n) is 3.57. The van der Waals surface area contributed by atoms with Gasteiger partial charge in [-0.1, -0.05) is 37.6 Å². The summed E-state index contributed by atoms with van der Waals surface area (Å²) in [6.07, 6.45) is 8.23. The Labute approximate surface area is 123 Å². The lowest BCUT2D eigenvalue weighted by molar-refractivity contribution is 0.227. The maximum absolute atomic E-state index is 6.17. The summed E-state index contributed by atoms with van der Waals surface area (Å²) in [7, 11) is 0. The maximum Gasteiger partial charge on any atom is 0.124 e. The first kappa shape index (κ1) is 15.1. The molecule has 0 spiro atoms. The first-order valence-corrected chi connectivity index (χ1v) is 7.78. The molecule has 0 saturated carbocycles. The van der Waals surface area contributed by atoms with Gasteiger partial charge in [0.1, 0.15) is 11.9 Å². The van der Waals surface area contributed by atoms with Crippen molar-refractivity contribution in [3.05, 3.63) is 41.5 Å². The third kappa shape index (κ3) is 4.68. The van der Waals surface area contributed by atoms with Crippen molar-refractivity contribution >= 4 is 0 Å². The molecule has 1 aliphatic rings. The Morgan fingerprint density at radius 1 is 1.35 bits per heavy atom. The minimum absolute atomic E-state index is 0.246. The molecule has 0 radical (unpaired) electrons. The number of nitrogens with one attached hydrogen (secondary N) is 1. The molecule has 1 unspecified atom stereocenters. The molecule has 0 fully saturated rings. The lowest BCUT2D eigenvalue weighted by Gasteiger charge is -2.21. The fraction of sp³-hybridized carbons (Fsp3) is 0.556. The van der Waals surface area contributed by atoms with Gasteiger partial charge < -0.3 is 10.1 Å². The monoisotopic (exact) mass is 273 g/mol. The lowest BCUT2D eigenvalue weighted by atomic mass is 10.0. The molecule has 110 valence electrons. The third-order valence-corrected chi connectivity index (χ3v) is 3.57. The largest absolute Gasteiger partial charge is 0.486 e. The number of rotatable bonds is 6. The summed E-state index contributed by atoms with van der Waals surface area (Å²) in [5.74, 6) is 1.70. The van der Waals surface area contributed by atoms with Crippen molar-refractivity contribution in [2.24, 2.45) is 5.92 Å². The molecule has 1 aromatic rings. The molecule has 0 aliphatic heterocycles. The average molecular weight is 273 g/mol. The Hall–Kier alpha value is -1.28. The second-order valence-corrected chi connectivity index (χ2v) is 6.15. The Bertz CT molecular complexity index is 451. The van der Waals surface area contributed by atoms with E-state index in [-0.39, 0.29) is 6.10 Å². The average Bonchev–Trinajstić information content (AvgIpc) is 2.42. The van der Waals surface area contributed by atoms with Crippen LogP contribution >= 0.6 is 0 Å². The van der Waals surface area contributed by atoms with Crippen molar-refractivity contribution in [2.45, 2.75) is 52.7 Å². The molecule has 0 aromatic heterocycles. The van der Waals surface area contributed by atoms with E-state index in [9.17, 15) is 0 Å². The van der Waals surface area contributed by atoms with Gasteiger partial charge >= 0.3 is 0 Å². The van der Waals surface area contributed by atoms with E-state index in [1.807, 2.05) is 0 Å². The van der Waals surface area contributed by atoms with Gasteiger partial charge in [-0.2, -0.15) is 0 Å². The standard InChI is InChI=1S/C18H27NO/c1-14(2)12-19-13-16-11-15(3)9-10-18(16)20-17-7-5-4-6-8-17/h5,7,9-11,14,17,19H,4,6,8,12-13H2,1-3H3. The van der Waals surface area contributed by atoms with Gasteiger partial charge in [0.05, 0.1) is 0 Å². The van der Waals surface area contributed by atoms with E-state index in [0.717, 1.165) is 25.3 Å². The first-order valence-electron chi connectivity index (χ1n) is 7.78. The smallest absolute Gasteiger partial charge is 0.124 e. The van der Waals surface area contributed by atoms with Crippen molar-refractivity contribution in [2.75, 3.05) is 6.54 Å². The van der Waals surface area contributed by atoms with Crippen LogP contribution in [0.2, 0.25) is 0 Å². The van der Waals surface area contributed by atoms with E-state index in [2.05, 4.69) is 56.4 Å². The molecule has 2 heteroatoms. The maximum atomic E-state index is 6.17. The normalized spacial score (nSPS) is 18.5. The summed E-state index contributed by atoms with van der Waals surface area (Å²) in [4.78, 5) is 0. The van der Waals surface area contributed by atoms with Crippen LogP contribution in [0, 0.1) is 12.8 Å². The van der Waals surface area contributed by atoms with Gasteiger partial charge in [-0.3, -0.25) is 0 Å². The molecule has 1 atom stereocenters. The van der Waals surface area contributed by atoms with Gasteiger partial charge in [0.15, 0.2) is 0 Å². The van der Waals surface area contributed by atoms with E-state index < -0.39 is 0 Å². The molecular weight excluding hydrogens is 246 g/mol. The van der Waals surface area contributed by atoms with Crippen LogP contribution < -0.4 is 10.1 Å². The highest BCUT2D eigenvalue weighted by molar-refractivity contribution is 5.37. The molecule has 0 amide bonds. The van der Waals surface area contributed by atoms with Crippen LogP contribution in [0.5, 0.6) is 5.75 Å². The highest BCUT2D eigenvalue weighted by atomic mass is 16.5. The first-order chi connectivity index (χ1) is 9.65. The molecule has 0 saturated heterocycles. The molecular formula is C18H27NO. The number of hydrogen-bond acceptors (Lipinski definition) is 2. The lowest BCUT2D eigenvalue weighted by Crippen LogP contribution is -2.21. The molecule has 1 N–H and O–H groups in total. The van der Waals surface area contributed by atoms with Crippen LogP contribution in [0.1, 0.15) is 44.2 Å². The van der Waals surface area contributed by atoms with Crippen LogP contribution in [-0.4, -0.2) is 12.6 Å². The highest BCUT2D eigenvalue weighted by Gasteiger charge is 2.12. The van der Waals surface area contributed by atoms with E-state index in [1.54, 1.807) is 0 Å². The van der Waals surface area contributed by atoms with Gasteiger partial charge in [0.2, 0.25) is 0 Å². The van der Waals surface area contributed by atoms with E-state index in [4.69, 9.17) is 4.74 Å². The number of benzene rings is 1. The Kier molecular flexibility index (Phi) is 5.66. The Morgan fingerprint density at radius 2 is 2.20 bits per heavy atom. The zero-order valence-electron chi connectivity index (χ0n) is 13.0. The number of ether oxygens (including phenoxy) is 1.